The molecule has 0 aromatic carbocycles. The molecule has 140 valence electrons. The molecular formula is C20H38O3Si. The lowest BCUT2D eigenvalue weighted by atomic mass is 9.72. The van der Waals surface area contributed by atoms with Crippen LogP contribution < -0.4 is 0 Å². The van der Waals surface area contributed by atoms with Gasteiger partial charge in [-0.2, -0.15) is 0 Å². The average molecular weight is 355 g/mol. The minimum absolute atomic E-state index is 0.0727. The molecular weight excluding hydrogens is 316 g/mol. The van der Waals surface area contributed by atoms with Crippen molar-refractivity contribution in [1.82, 2.24) is 0 Å². The second-order valence-electron chi connectivity index (χ2n) is 8.51. The molecule has 2 aliphatic rings. The monoisotopic (exact) mass is 354 g/mol. The van der Waals surface area contributed by atoms with Crippen LogP contribution in [0.1, 0.15) is 64.2 Å². The fraction of sp³-hybridized carbons (Fsp3) is 0.900. The summed E-state index contributed by atoms with van der Waals surface area (Å²) in [7, 11) is 1.85. The van der Waals surface area contributed by atoms with Crippen LogP contribution in [0.25, 0.3) is 0 Å². The van der Waals surface area contributed by atoms with Crippen molar-refractivity contribution in [3.63, 3.8) is 0 Å². The summed E-state index contributed by atoms with van der Waals surface area (Å²) in [5.74, 6) is 0.501. The zero-order valence-electron chi connectivity index (χ0n) is 16.5. The summed E-state index contributed by atoms with van der Waals surface area (Å²) in [6, 6.07) is 0. The van der Waals surface area contributed by atoms with Gasteiger partial charge in [0.1, 0.15) is 0 Å². The summed E-state index contributed by atoms with van der Waals surface area (Å²) in [6.45, 7) is 7.01. The van der Waals surface area contributed by atoms with Crippen molar-refractivity contribution in [2.45, 2.75) is 95.7 Å². The van der Waals surface area contributed by atoms with Gasteiger partial charge in [0.2, 0.25) is 0 Å². The molecule has 0 bridgehead atoms. The molecule has 0 heterocycles. The highest BCUT2D eigenvalue weighted by atomic mass is 28.4. The Kier molecular flexibility index (Phi) is 7.53. The van der Waals surface area contributed by atoms with Gasteiger partial charge in [-0.3, -0.25) is 0 Å². The fourth-order valence-electron chi connectivity index (χ4n) is 4.61. The van der Waals surface area contributed by atoms with Gasteiger partial charge in [-0.15, -0.1) is 0 Å². The lowest BCUT2D eigenvalue weighted by molar-refractivity contribution is -0.129. The lowest BCUT2D eigenvalue weighted by Gasteiger charge is -2.47. The predicted octanol–water partition coefficient (Wildman–Crippen LogP) is 5.67. The van der Waals surface area contributed by atoms with Crippen LogP contribution in [0.4, 0.5) is 0 Å². The van der Waals surface area contributed by atoms with Gasteiger partial charge in [0.25, 0.3) is 0 Å². The van der Waals surface area contributed by atoms with Crippen molar-refractivity contribution < 1.29 is 13.9 Å². The summed E-state index contributed by atoms with van der Waals surface area (Å²) in [5.41, 5.74) is 1.52. The van der Waals surface area contributed by atoms with Crippen LogP contribution in [0.5, 0.6) is 0 Å². The molecule has 0 unspecified atom stereocenters. The third-order valence-corrected chi connectivity index (χ3v) is 6.56. The van der Waals surface area contributed by atoms with E-state index in [4.69, 9.17) is 13.9 Å². The van der Waals surface area contributed by atoms with Crippen LogP contribution in [0.2, 0.25) is 19.6 Å². The summed E-state index contributed by atoms with van der Waals surface area (Å²) in [4.78, 5) is 0. The van der Waals surface area contributed by atoms with E-state index < -0.39 is 8.32 Å². The molecule has 0 aromatic heterocycles. The summed E-state index contributed by atoms with van der Waals surface area (Å²) < 4.78 is 18.2. The minimum Gasteiger partial charge on any atom is -0.408 e. The average Bonchev–Trinajstić information content (AvgIpc) is 2.75. The van der Waals surface area contributed by atoms with Crippen LogP contribution in [-0.2, 0) is 13.9 Å². The van der Waals surface area contributed by atoms with Gasteiger partial charge in [0, 0.05) is 20.6 Å². The first-order valence-corrected chi connectivity index (χ1v) is 13.3. The van der Waals surface area contributed by atoms with Gasteiger partial charge in [0.15, 0.2) is 14.6 Å². The van der Waals surface area contributed by atoms with Gasteiger partial charge in [-0.25, -0.2) is 0 Å². The van der Waals surface area contributed by atoms with Crippen LogP contribution in [0, 0.1) is 5.92 Å². The van der Waals surface area contributed by atoms with Crippen molar-refractivity contribution >= 4 is 8.32 Å². The summed E-state index contributed by atoms with van der Waals surface area (Å²) in [6.07, 6.45) is 14.7. The van der Waals surface area contributed by atoms with Crippen molar-refractivity contribution in [1.29, 1.82) is 0 Å². The highest BCUT2D eigenvalue weighted by Crippen LogP contribution is 2.47. The Morgan fingerprint density at radius 3 is 2.42 bits per heavy atom. The SMILES string of the molecule is COC(C[C@H]1CCCCC[C@]1(O[Si](C)(C)C)C1=CCCCC1)OC. The highest BCUT2D eigenvalue weighted by Gasteiger charge is 2.46. The van der Waals surface area contributed by atoms with Crippen molar-refractivity contribution in [3.8, 4) is 0 Å². The first kappa shape index (κ1) is 20.2. The molecule has 3 nitrogen and oxygen atoms in total. The molecule has 2 atom stereocenters. The second-order valence-corrected chi connectivity index (χ2v) is 12.9. The van der Waals surface area contributed by atoms with Gasteiger partial charge in [-0.1, -0.05) is 25.3 Å². The Balaban J connectivity index is 2.37. The van der Waals surface area contributed by atoms with Crippen LogP contribution in [0.3, 0.4) is 0 Å². The molecule has 24 heavy (non-hydrogen) atoms. The number of methoxy groups -OCH3 is 2. The predicted molar refractivity (Wildman–Crippen MR) is 103 cm³/mol. The first-order chi connectivity index (χ1) is 11.4. The number of ether oxygens (including phenoxy) is 2. The van der Waals surface area contributed by atoms with Crippen molar-refractivity contribution in [2.24, 2.45) is 5.92 Å². The van der Waals surface area contributed by atoms with E-state index in [2.05, 4.69) is 25.7 Å². The summed E-state index contributed by atoms with van der Waals surface area (Å²) in [5, 5.41) is 0. The molecule has 1 saturated carbocycles. The van der Waals surface area contributed by atoms with E-state index in [1.165, 1.54) is 57.8 Å². The molecule has 0 saturated heterocycles. The Morgan fingerprint density at radius 2 is 1.83 bits per heavy atom. The number of hydrogen-bond donors (Lipinski definition) is 0. The molecule has 0 spiro atoms. The lowest BCUT2D eigenvalue weighted by Crippen LogP contribution is -2.50. The van der Waals surface area contributed by atoms with Crippen molar-refractivity contribution in [2.75, 3.05) is 14.2 Å². The van der Waals surface area contributed by atoms with Gasteiger partial charge in [-0.05, 0) is 69.7 Å². The van der Waals surface area contributed by atoms with Gasteiger partial charge in [0.05, 0.1) is 5.60 Å². The Labute approximate surface area is 150 Å². The number of hydrogen-bond acceptors (Lipinski definition) is 3. The fourth-order valence-corrected chi connectivity index (χ4v) is 6.11. The summed E-state index contributed by atoms with van der Waals surface area (Å²) >= 11 is 0. The normalized spacial score (nSPS) is 29.4. The zero-order valence-corrected chi connectivity index (χ0v) is 17.5. The third-order valence-electron chi connectivity index (χ3n) is 5.59. The maximum atomic E-state index is 7.05. The third kappa shape index (κ3) is 5.17. The molecule has 0 aliphatic heterocycles. The van der Waals surface area contributed by atoms with Crippen LogP contribution in [-0.4, -0.2) is 34.4 Å². The molecule has 0 aromatic rings. The molecule has 4 heteroatoms. The molecule has 0 N–H and O–H groups in total. The smallest absolute Gasteiger partial charge is 0.184 e. The van der Waals surface area contributed by atoms with E-state index in [0.717, 1.165) is 6.42 Å². The minimum atomic E-state index is -1.66. The van der Waals surface area contributed by atoms with E-state index in [9.17, 15) is 0 Å². The quantitative estimate of drug-likeness (QED) is 0.255. The maximum Gasteiger partial charge on any atom is 0.184 e. The van der Waals surface area contributed by atoms with E-state index in [0.29, 0.717) is 5.92 Å². The first-order valence-electron chi connectivity index (χ1n) is 9.86. The Hall–Kier alpha value is -0.163. The van der Waals surface area contributed by atoms with E-state index in [-0.39, 0.29) is 11.9 Å². The van der Waals surface area contributed by atoms with Gasteiger partial charge >= 0.3 is 0 Å². The second kappa shape index (κ2) is 8.97. The van der Waals surface area contributed by atoms with E-state index >= 15 is 0 Å². The Bertz CT molecular complexity index is 412. The topological polar surface area (TPSA) is 27.7 Å². The maximum absolute atomic E-state index is 7.05. The largest absolute Gasteiger partial charge is 0.408 e. The highest BCUT2D eigenvalue weighted by molar-refractivity contribution is 6.69. The molecule has 2 aliphatic carbocycles. The standard InChI is InChI=1S/C20H38O3Si/c1-21-19(22-2)16-18-14-10-7-11-15-20(18,23-24(3,4)5)17-12-8-6-9-13-17/h12,18-19H,6-11,13-16H2,1-5H3/t18-,20+/m1/s1. The van der Waals surface area contributed by atoms with E-state index in [1.54, 1.807) is 19.8 Å². The molecule has 0 amide bonds. The van der Waals surface area contributed by atoms with Crippen LogP contribution >= 0.6 is 0 Å². The van der Waals surface area contributed by atoms with Crippen molar-refractivity contribution in [3.05, 3.63) is 11.6 Å². The molecule has 2 rings (SSSR count). The molecule has 1 fully saturated rings. The van der Waals surface area contributed by atoms with E-state index in [1.807, 2.05) is 0 Å². The number of allylic oxidation sites excluding steroid dienone is 1. The Morgan fingerprint density at radius 1 is 1.08 bits per heavy atom. The number of rotatable bonds is 7. The van der Waals surface area contributed by atoms with Gasteiger partial charge < -0.3 is 13.9 Å². The zero-order chi connectivity index (χ0) is 17.6. The molecule has 0 radical (unpaired) electrons. The van der Waals surface area contributed by atoms with Crippen LogP contribution in [0.15, 0.2) is 11.6 Å².